The molecule has 0 aliphatic rings. The van der Waals surface area contributed by atoms with Crippen LogP contribution in [-0.4, -0.2) is 12.6 Å². The summed E-state index contributed by atoms with van der Waals surface area (Å²) in [5.41, 5.74) is 6.37. The van der Waals surface area contributed by atoms with Crippen LogP contribution in [0.2, 0.25) is 5.02 Å². The minimum Gasteiger partial charge on any atom is -0.381 e. The number of rotatable bonds is 5. The molecule has 4 heteroatoms. The maximum atomic E-state index is 13.1. The topological polar surface area (TPSA) is 38.0 Å². The number of hydrogen-bond acceptors (Lipinski definition) is 2. The Kier molecular flexibility index (Phi) is 5.03. The van der Waals surface area contributed by atoms with Gasteiger partial charge in [0.2, 0.25) is 0 Å². The van der Waals surface area contributed by atoms with Gasteiger partial charge >= 0.3 is 0 Å². The van der Waals surface area contributed by atoms with Gasteiger partial charge in [0, 0.05) is 23.3 Å². The Balaban J connectivity index is 2.77. The van der Waals surface area contributed by atoms with E-state index < -0.39 is 0 Å². The summed E-state index contributed by atoms with van der Waals surface area (Å²) in [4.78, 5) is 0. The number of nitrogens with one attached hydrogen (secondary N) is 1. The highest BCUT2D eigenvalue weighted by molar-refractivity contribution is 6.30. The summed E-state index contributed by atoms with van der Waals surface area (Å²) in [7, 11) is 0. The molecule has 0 aliphatic carbocycles. The fraction of sp³-hybridized carbons (Fsp3) is 0.500. The lowest BCUT2D eigenvalue weighted by Crippen LogP contribution is -2.34. The molecule has 0 aromatic heterocycles. The highest BCUT2D eigenvalue weighted by Crippen LogP contribution is 2.20. The molecule has 0 heterocycles. The molecule has 0 radical (unpaired) electrons. The van der Waals surface area contributed by atoms with E-state index in [0.29, 0.717) is 23.2 Å². The smallest absolute Gasteiger partial charge is 0.126 e. The summed E-state index contributed by atoms with van der Waals surface area (Å²) in [5.74, 6) is 0.0990. The van der Waals surface area contributed by atoms with Crippen LogP contribution in [0.25, 0.3) is 0 Å². The van der Waals surface area contributed by atoms with Gasteiger partial charge in [0.05, 0.1) is 0 Å². The van der Waals surface area contributed by atoms with Gasteiger partial charge in [-0.25, -0.2) is 4.39 Å². The molecule has 1 aromatic rings. The molecule has 1 rings (SSSR count). The zero-order valence-corrected chi connectivity index (χ0v) is 10.4. The molecule has 0 aliphatic heterocycles. The Morgan fingerprint density at radius 1 is 1.44 bits per heavy atom. The van der Waals surface area contributed by atoms with Crippen molar-refractivity contribution in [3.63, 3.8) is 0 Å². The van der Waals surface area contributed by atoms with Crippen LogP contribution in [0.3, 0.4) is 0 Å². The van der Waals surface area contributed by atoms with Gasteiger partial charge in [-0.1, -0.05) is 31.9 Å². The maximum absolute atomic E-state index is 13.1. The predicted molar refractivity (Wildman–Crippen MR) is 67.3 cm³/mol. The maximum Gasteiger partial charge on any atom is 0.126 e. The highest BCUT2D eigenvalue weighted by Gasteiger charge is 2.14. The van der Waals surface area contributed by atoms with Gasteiger partial charge in [0.15, 0.2) is 0 Å². The Bertz CT molecular complexity index is 324. The summed E-state index contributed by atoms with van der Waals surface area (Å²) in [6.45, 7) is 4.74. The molecule has 2 unspecified atom stereocenters. The summed E-state index contributed by atoms with van der Waals surface area (Å²) in [5, 5.41) is 3.60. The summed E-state index contributed by atoms with van der Waals surface area (Å²) < 4.78 is 13.1. The average molecular weight is 245 g/mol. The second kappa shape index (κ2) is 6.06. The minimum absolute atomic E-state index is 0.142. The van der Waals surface area contributed by atoms with E-state index in [4.69, 9.17) is 17.3 Å². The van der Waals surface area contributed by atoms with Crippen molar-refractivity contribution < 1.29 is 4.39 Å². The van der Waals surface area contributed by atoms with Crippen molar-refractivity contribution in [3.05, 3.63) is 29.0 Å². The molecular weight excluding hydrogens is 227 g/mol. The van der Waals surface area contributed by atoms with Crippen molar-refractivity contribution in [2.75, 3.05) is 11.9 Å². The van der Waals surface area contributed by atoms with Crippen molar-refractivity contribution in [1.82, 2.24) is 0 Å². The Hall–Kier alpha value is -0.800. The van der Waals surface area contributed by atoms with Gasteiger partial charge in [-0.3, -0.25) is 0 Å². The monoisotopic (exact) mass is 244 g/mol. The van der Waals surface area contributed by atoms with Crippen molar-refractivity contribution in [1.29, 1.82) is 0 Å². The molecule has 0 amide bonds. The average Bonchev–Trinajstić information content (AvgIpc) is 2.23. The molecule has 1 aromatic carbocycles. The van der Waals surface area contributed by atoms with E-state index in [-0.39, 0.29) is 11.9 Å². The van der Waals surface area contributed by atoms with Crippen LogP contribution in [0.15, 0.2) is 18.2 Å². The second-order valence-corrected chi connectivity index (χ2v) is 4.47. The SMILES string of the molecule is CCC(C)C(CN)Nc1cc(F)cc(Cl)c1. The van der Waals surface area contributed by atoms with Crippen LogP contribution in [0, 0.1) is 11.7 Å². The molecule has 90 valence electrons. The molecule has 16 heavy (non-hydrogen) atoms. The van der Waals surface area contributed by atoms with Gasteiger partial charge in [0.25, 0.3) is 0 Å². The van der Waals surface area contributed by atoms with Crippen molar-refractivity contribution in [2.24, 2.45) is 11.7 Å². The first-order valence-electron chi connectivity index (χ1n) is 5.49. The molecule has 0 saturated carbocycles. The molecule has 0 fully saturated rings. The zero-order valence-electron chi connectivity index (χ0n) is 9.63. The lowest BCUT2D eigenvalue weighted by Gasteiger charge is -2.24. The van der Waals surface area contributed by atoms with Crippen LogP contribution < -0.4 is 11.1 Å². The van der Waals surface area contributed by atoms with Gasteiger partial charge in [-0.15, -0.1) is 0 Å². The molecule has 0 bridgehead atoms. The summed E-state index contributed by atoms with van der Waals surface area (Å²) in [6.07, 6.45) is 1.03. The van der Waals surface area contributed by atoms with Gasteiger partial charge in [-0.05, 0) is 24.1 Å². The van der Waals surface area contributed by atoms with Crippen LogP contribution in [-0.2, 0) is 0 Å². The number of benzene rings is 1. The standard InChI is InChI=1S/C12H18ClFN2/c1-3-8(2)12(7-15)16-11-5-9(13)4-10(14)6-11/h4-6,8,12,16H,3,7,15H2,1-2H3. The van der Waals surface area contributed by atoms with E-state index >= 15 is 0 Å². The van der Waals surface area contributed by atoms with E-state index in [0.717, 1.165) is 6.42 Å². The molecule has 0 saturated heterocycles. The van der Waals surface area contributed by atoms with E-state index in [2.05, 4.69) is 19.2 Å². The minimum atomic E-state index is -0.338. The normalized spacial score (nSPS) is 14.6. The fourth-order valence-corrected chi connectivity index (χ4v) is 1.79. The van der Waals surface area contributed by atoms with Crippen LogP contribution in [0.5, 0.6) is 0 Å². The number of nitrogens with two attached hydrogens (primary N) is 1. The van der Waals surface area contributed by atoms with E-state index in [9.17, 15) is 4.39 Å². The summed E-state index contributed by atoms with van der Waals surface area (Å²) in [6, 6.07) is 4.56. The Morgan fingerprint density at radius 2 is 2.12 bits per heavy atom. The number of hydrogen-bond donors (Lipinski definition) is 2. The first-order valence-corrected chi connectivity index (χ1v) is 5.87. The summed E-state index contributed by atoms with van der Waals surface area (Å²) >= 11 is 5.78. The van der Waals surface area contributed by atoms with Crippen LogP contribution in [0.4, 0.5) is 10.1 Å². The van der Waals surface area contributed by atoms with Crippen LogP contribution >= 0.6 is 11.6 Å². The van der Waals surface area contributed by atoms with Crippen molar-refractivity contribution in [3.8, 4) is 0 Å². The Labute approximate surface area is 101 Å². The van der Waals surface area contributed by atoms with Crippen molar-refractivity contribution in [2.45, 2.75) is 26.3 Å². The van der Waals surface area contributed by atoms with Gasteiger partial charge < -0.3 is 11.1 Å². The molecular formula is C12H18ClFN2. The third kappa shape index (κ3) is 3.65. The molecule has 0 spiro atoms. The second-order valence-electron chi connectivity index (χ2n) is 4.03. The first kappa shape index (κ1) is 13.3. The third-order valence-corrected chi connectivity index (χ3v) is 3.02. The molecule has 3 N–H and O–H groups in total. The van der Waals surface area contributed by atoms with E-state index in [1.54, 1.807) is 6.07 Å². The van der Waals surface area contributed by atoms with Gasteiger partial charge in [0.1, 0.15) is 5.82 Å². The predicted octanol–water partition coefficient (Wildman–Crippen LogP) is 3.26. The van der Waals surface area contributed by atoms with E-state index in [1.807, 2.05) is 0 Å². The van der Waals surface area contributed by atoms with E-state index in [1.165, 1.54) is 12.1 Å². The number of anilines is 1. The molecule has 2 nitrogen and oxygen atoms in total. The van der Waals surface area contributed by atoms with Crippen LogP contribution in [0.1, 0.15) is 20.3 Å². The van der Waals surface area contributed by atoms with Crippen molar-refractivity contribution >= 4 is 17.3 Å². The lowest BCUT2D eigenvalue weighted by molar-refractivity contribution is 0.474. The Morgan fingerprint density at radius 3 is 2.62 bits per heavy atom. The largest absolute Gasteiger partial charge is 0.381 e. The highest BCUT2D eigenvalue weighted by atomic mass is 35.5. The molecule has 2 atom stereocenters. The zero-order chi connectivity index (χ0) is 12.1. The lowest BCUT2D eigenvalue weighted by atomic mass is 9.99. The third-order valence-electron chi connectivity index (χ3n) is 2.80. The first-order chi connectivity index (χ1) is 7.56. The fourth-order valence-electron chi connectivity index (χ4n) is 1.57. The van der Waals surface area contributed by atoms with Gasteiger partial charge in [-0.2, -0.15) is 0 Å². The quantitative estimate of drug-likeness (QED) is 0.834. The number of halogens is 2.